The number of anilines is 1. The molecule has 2 aromatic rings. The van der Waals surface area contributed by atoms with Crippen LogP contribution in [0, 0.1) is 17.4 Å². The van der Waals surface area contributed by atoms with Crippen LogP contribution in [-0.2, 0) is 11.2 Å². The fourth-order valence-electron chi connectivity index (χ4n) is 3.67. The largest absolute Gasteiger partial charge is 0.310 e. The van der Waals surface area contributed by atoms with Crippen molar-refractivity contribution < 1.29 is 4.79 Å². The Kier molecular flexibility index (Phi) is 3.66. The number of carbonyl (C=O) groups excluding carboxylic acids is 1. The first-order valence-electron chi connectivity index (χ1n) is 8.27. The maximum Gasteiger partial charge on any atom is 0.233 e. The number of hydrogen-bond acceptors (Lipinski definition) is 4. The van der Waals surface area contributed by atoms with Crippen LogP contribution in [0.1, 0.15) is 12.0 Å². The third-order valence-electron chi connectivity index (χ3n) is 4.90. The summed E-state index contributed by atoms with van der Waals surface area (Å²) in [7, 11) is 0. The molecule has 2 aliphatic rings. The first-order chi connectivity index (χ1) is 11.8. The van der Waals surface area contributed by atoms with Crippen LogP contribution in [0.4, 0.5) is 5.82 Å². The molecule has 0 spiro atoms. The highest BCUT2D eigenvalue weighted by molar-refractivity contribution is 5.97. The van der Waals surface area contributed by atoms with Crippen molar-refractivity contribution in [2.24, 2.45) is 5.92 Å². The molecule has 5 heteroatoms. The summed E-state index contributed by atoms with van der Waals surface area (Å²) in [6, 6.07) is 12.2. The summed E-state index contributed by atoms with van der Waals surface area (Å²) in [5.41, 5.74) is 3.45. The highest BCUT2D eigenvalue weighted by Gasteiger charge is 2.35. The molecule has 0 saturated carbocycles. The predicted molar refractivity (Wildman–Crippen MR) is 91.0 cm³/mol. The van der Waals surface area contributed by atoms with E-state index in [0.29, 0.717) is 19.6 Å². The van der Waals surface area contributed by atoms with Gasteiger partial charge in [-0.25, -0.2) is 4.98 Å². The van der Waals surface area contributed by atoms with Gasteiger partial charge in [-0.15, -0.1) is 0 Å². The van der Waals surface area contributed by atoms with Gasteiger partial charge in [-0.05, 0) is 30.0 Å². The molecule has 0 bridgehead atoms. The Labute approximate surface area is 141 Å². The quantitative estimate of drug-likeness (QED) is 0.798. The number of carbonyl (C=O) groups is 1. The Hall–Kier alpha value is -2.87. The van der Waals surface area contributed by atoms with E-state index in [0.717, 1.165) is 35.3 Å². The summed E-state index contributed by atoms with van der Waals surface area (Å²) in [5.74, 6) is 0.791. The Balaban J connectivity index is 1.63. The molecule has 5 nitrogen and oxygen atoms in total. The molecule has 0 N–H and O–H groups in total. The van der Waals surface area contributed by atoms with Crippen LogP contribution in [-0.4, -0.2) is 35.4 Å². The molecule has 1 aromatic heterocycles. The zero-order valence-corrected chi connectivity index (χ0v) is 13.4. The molecule has 1 aromatic carbocycles. The Bertz CT molecular complexity index is 812. The second-order valence-electron chi connectivity index (χ2n) is 6.30. The van der Waals surface area contributed by atoms with Crippen LogP contribution in [0.5, 0.6) is 0 Å². The smallest absolute Gasteiger partial charge is 0.233 e. The van der Waals surface area contributed by atoms with Gasteiger partial charge >= 0.3 is 0 Å². The zero-order valence-electron chi connectivity index (χ0n) is 13.4. The number of aromatic nitrogens is 1. The SMILES string of the molecule is N#CN1CCC(C(=O)N2CCc3c(-c4ccccc4)ccnc32)C1. The van der Waals surface area contributed by atoms with Gasteiger partial charge in [-0.3, -0.25) is 9.69 Å². The van der Waals surface area contributed by atoms with E-state index in [1.165, 1.54) is 0 Å². The standard InChI is InChI=1S/C19H18N4O/c20-13-22-10-7-15(12-22)19(24)23-11-8-17-16(6-9-21-18(17)23)14-4-2-1-3-5-14/h1-6,9,15H,7-8,10-12H2. The van der Waals surface area contributed by atoms with Gasteiger partial charge in [0.1, 0.15) is 5.82 Å². The van der Waals surface area contributed by atoms with E-state index < -0.39 is 0 Å². The number of hydrogen-bond donors (Lipinski definition) is 0. The second kappa shape index (κ2) is 5.97. The number of benzene rings is 1. The summed E-state index contributed by atoms with van der Waals surface area (Å²) in [6.07, 6.45) is 5.49. The van der Waals surface area contributed by atoms with Gasteiger partial charge in [0, 0.05) is 31.4 Å². The first kappa shape index (κ1) is 14.7. The minimum absolute atomic E-state index is 0.0993. The van der Waals surface area contributed by atoms with Crippen molar-refractivity contribution in [3.05, 3.63) is 48.2 Å². The highest BCUT2D eigenvalue weighted by atomic mass is 16.2. The lowest BCUT2D eigenvalue weighted by atomic mass is 10.0. The zero-order chi connectivity index (χ0) is 16.5. The molecule has 3 heterocycles. The Morgan fingerprint density at radius 3 is 2.79 bits per heavy atom. The number of nitriles is 1. The van der Waals surface area contributed by atoms with E-state index in [4.69, 9.17) is 5.26 Å². The van der Waals surface area contributed by atoms with Crippen LogP contribution in [0.25, 0.3) is 11.1 Å². The molecule has 1 unspecified atom stereocenters. The van der Waals surface area contributed by atoms with Crippen molar-refractivity contribution >= 4 is 11.7 Å². The number of pyridine rings is 1. The Morgan fingerprint density at radius 2 is 2.04 bits per heavy atom. The van der Waals surface area contributed by atoms with E-state index >= 15 is 0 Å². The maximum atomic E-state index is 12.9. The van der Waals surface area contributed by atoms with Crippen molar-refractivity contribution in [2.75, 3.05) is 24.5 Å². The lowest BCUT2D eigenvalue weighted by Crippen LogP contribution is -2.36. The molecule has 24 heavy (non-hydrogen) atoms. The van der Waals surface area contributed by atoms with Crippen LogP contribution < -0.4 is 4.90 Å². The van der Waals surface area contributed by atoms with Crippen LogP contribution in [0.2, 0.25) is 0 Å². The topological polar surface area (TPSA) is 60.2 Å². The molecular weight excluding hydrogens is 300 g/mol. The molecule has 1 atom stereocenters. The fourth-order valence-corrected chi connectivity index (χ4v) is 3.67. The maximum absolute atomic E-state index is 12.9. The van der Waals surface area contributed by atoms with Crippen LogP contribution in [0.15, 0.2) is 42.6 Å². The number of fused-ring (bicyclic) bond motifs is 1. The lowest BCUT2D eigenvalue weighted by molar-refractivity contribution is -0.121. The van der Waals surface area contributed by atoms with Crippen LogP contribution >= 0.6 is 0 Å². The van der Waals surface area contributed by atoms with Crippen molar-refractivity contribution in [1.82, 2.24) is 9.88 Å². The average molecular weight is 318 g/mol. The first-order valence-corrected chi connectivity index (χ1v) is 8.27. The van der Waals surface area contributed by atoms with E-state index in [1.54, 1.807) is 11.1 Å². The lowest BCUT2D eigenvalue weighted by Gasteiger charge is -2.20. The predicted octanol–water partition coefficient (Wildman–Crippen LogP) is 2.44. The van der Waals surface area contributed by atoms with Crippen molar-refractivity contribution in [3.63, 3.8) is 0 Å². The molecule has 1 saturated heterocycles. The molecular formula is C19H18N4O. The van der Waals surface area contributed by atoms with E-state index in [1.807, 2.05) is 29.2 Å². The average Bonchev–Trinajstić information content (AvgIpc) is 3.28. The van der Waals surface area contributed by atoms with Crippen molar-refractivity contribution in [2.45, 2.75) is 12.8 Å². The fraction of sp³-hybridized carbons (Fsp3) is 0.316. The molecule has 1 fully saturated rings. The monoisotopic (exact) mass is 318 g/mol. The third-order valence-corrected chi connectivity index (χ3v) is 4.90. The van der Waals surface area contributed by atoms with Gasteiger partial charge in [0.05, 0.1) is 5.92 Å². The molecule has 120 valence electrons. The van der Waals surface area contributed by atoms with E-state index in [9.17, 15) is 4.79 Å². The second-order valence-corrected chi connectivity index (χ2v) is 6.30. The van der Waals surface area contributed by atoms with Crippen LogP contribution in [0.3, 0.4) is 0 Å². The van der Waals surface area contributed by atoms with Gasteiger partial charge in [0.15, 0.2) is 6.19 Å². The highest BCUT2D eigenvalue weighted by Crippen LogP contribution is 2.35. The van der Waals surface area contributed by atoms with Gasteiger partial charge < -0.3 is 4.90 Å². The molecule has 0 radical (unpaired) electrons. The normalized spacial score (nSPS) is 19.2. The van der Waals surface area contributed by atoms with E-state index in [-0.39, 0.29) is 11.8 Å². The number of nitrogens with zero attached hydrogens (tertiary/aromatic N) is 4. The molecule has 0 aliphatic carbocycles. The van der Waals surface area contributed by atoms with Gasteiger partial charge in [0.2, 0.25) is 5.91 Å². The summed E-state index contributed by atoms with van der Waals surface area (Å²) < 4.78 is 0. The summed E-state index contributed by atoms with van der Waals surface area (Å²) in [6.45, 7) is 1.87. The number of amides is 1. The minimum Gasteiger partial charge on any atom is -0.310 e. The number of likely N-dealkylation sites (tertiary alicyclic amines) is 1. The van der Waals surface area contributed by atoms with Crippen molar-refractivity contribution in [3.8, 4) is 17.3 Å². The minimum atomic E-state index is -0.0993. The molecule has 1 amide bonds. The van der Waals surface area contributed by atoms with Gasteiger partial charge in [-0.1, -0.05) is 30.3 Å². The summed E-state index contributed by atoms with van der Waals surface area (Å²) >= 11 is 0. The van der Waals surface area contributed by atoms with Crippen molar-refractivity contribution in [1.29, 1.82) is 5.26 Å². The van der Waals surface area contributed by atoms with Gasteiger partial charge in [0.25, 0.3) is 0 Å². The third kappa shape index (κ3) is 2.41. The Morgan fingerprint density at radius 1 is 1.21 bits per heavy atom. The molecule has 4 rings (SSSR count). The summed E-state index contributed by atoms with van der Waals surface area (Å²) in [5, 5.41) is 8.99. The molecule has 2 aliphatic heterocycles. The van der Waals surface area contributed by atoms with E-state index in [2.05, 4.69) is 23.3 Å². The number of rotatable bonds is 2. The van der Waals surface area contributed by atoms with Gasteiger partial charge in [-0.2, -0.15) is 5.26 Å². The summed E-state index contributed by atoms with van der Waals surface area (Å²) in [4.78, 5) is 20.8.